The van der Waals surface area contributed by atoms with E-state index in [0.29, 0.717) is 15.6 Å². The van der Waals surface area contributed by atoms with E-state index in [0.717, 1.165) is 11.4 Å². The Hall–Kier alpha value is -1.73. The molecule has 0 fully saturated rings. The zero-order valence-electron chi connectivity index (χ0n) is 11.3. The minimum Gasteiger partial charge on any atom is -0.233 e. The molecular formula is C13H13N3O2S2. The quantitative estimate of drug-likeness (QED) is 0.730. The van der Waals surface area contributed by atoms with Gasteiger partial charge in [0.2, 0.25) is 9.84 Å². The number of thiophene rings is 1. The summed E-state index contributed by atoms with van der Waals surface area (Å²) < 4.78 is 27.4. The molecule has 0 aromatic carbocycles. The fourth-order valence-corrected chi connectivity index (χ4v) is 4.87. The van der Waals surface area contributed by atoms with Crippen LogP contribution in [-0.4, -0.2) is 23.0 Å². The maximum Gasteiger partial charge on any atom is 0.221 e. The van der Waals surface area contributed by atoms with Gasteiger partial charge in [-0.15, -0.1) is 11.3 Å². The van der Waals surface area contributed by atoms with Crippen molar-refractivity contribution in [3.63, 3.8) is 0 Å². The Labute approximate surface area is 120 Å². The zero-order chi connectivity index (χ0) is 14.5. The first kappa shape index (κ1) is 13.3. The van der Waals surface area contributed by atoms with Crippen LogP contribution in [0, 0.1) is 20.8 Å². The SMILES string of the molecule is Cc1cc(C)n2nc(C)c(S(=O)(=O)c3cccs3)c2n1. The lowest BCUT2D eigenvalue weighted by atomic mass is 10.3. The summed E-state index contributed by atoms with van der Waals surface area (Å²) in [6.07, 6.45) is 0. The van der Waals surface area contributed by atoms with Crippen LogP contribution in [-0.2, 0) is 9.84 Å². The Morgan fingerprint density at radius 1 is 1.25 bits per heavy atom. The highest BCUT2D eigenvalue weighted by Gasteiger charge is 2.27. The average Bonchev–Trinajstić information content (AvgIpc) is 2.96. The molecule has 20 heavy (non-hydrogen) atoms. The predicted molar refractivity (Wildman–Crippen MR) is 77.0 cm³/mol. The van der Waals surface area contributed by atoms with Crippen molar-refractivity contribution < 1.29 is 8.42 Å². The van der Waals surface area contributed by atoms with Gasteiger partial charge >= 0.3 is 0 Å². The molecule has 0 spiro atoms. The van der Waals surface area contributed by atoms with Crippen molar-refractivity contribution in [1.82, 2.24) is 14.6 Å². The lowest BCUT2D eigenvalue weighted by molar-refractivity contribution is 0.598. The van der Waals surface area contributed by atoms with E-state index in [2.05, 4.69) is 10.1 Å². The molecule has 0 radical (unpaired) electrons. The van der Waals surface area contributed by atoms with Gasteiger partial charge in [0, 0.05) is 11.4 Å². The van der Waals surface area contributed by atoms with E-state index in [1.807, 2.05) is 19.9 Å². The van der Waals surface area contributed by atoms with Crippen LogP contribution in [0.15, 0.2) is 32.7 Å². The zero-order valence-corrected chi connectivity index (χ0v) is 12.9. The predicted octanol–water partition coefficient (Wildman–Crippen LogP) is 2.55. The first-order chi connectivity index (χ1) is 9.41. The number of hydrogen-bond donors (Lipinski definition) is 0. The van der Waals surface area contributed by atoms with Crippen LogP contribution in [0.25, 0.3) is 5.65 Å². The van der Waals surface area contributed by atoms with Gasteiger partial charge in [0.25, 0.3) is 0 Å². The molecule has 5 nitrogen and oxygen atoms in total. The molecule has 0 atom stereocenters. The maximum atomic E-state index is 12.7. The lowest BCUT2D eigenvalue weighted by Crippen LogP contribution is -2.03. The summed E-state index contributed by atoms with van der Waals surface area (Å²) in [5.41, 5.74) is 2.51. The minimum atomic E-state index is -3.57. The third-order valence-electron chi connectivity index (χ3n) is 3.05. The van der Waals surface area contributed by atoms with E-state index in [1.165, 1.54) is 11.3 Å². The highest BCUT2D eigenvalue weighted by Crippen LogP contribution is 2.30. The second kappa shape index (κ2) is 4.39. The van der Waals surface area contributed by atoms with Crippen LogP contribution in [0.3, 0.4) is 0 Å². The molecule has 7 heteroatoms. The van der Waals surface area contributed by atoms with Crippen LogP contribution >= 0.6 is 11.3 Å². The van der Waals surface area contributed by atoms with Crippen LogP contribution in [0.2, 0.25) is 0 Å². The maximum absolute atomic E-state index is 12.7. The van der Waals surface area contributed by atoms with Crippen molar-refractivity contribution in [3.8, 4) is 0 Å². The third kappa shape index (κ3) is 1.85. The Bertz CT molecular complexity index is 893. The Balaban J connectivity index is 2.41. The summed E-state index contributed by atoms with van der Waals surface area (Å²) >= 11 is 1.20. The van der Waals surface area contributed by atoms with Gasteiger partial charge in [-0.2, -0.15) is 5.10 Å². The van der Waals surface area contributed by atoms with Gasteiger partial charge in [-0.3, -0.25) is 0 Å². The Kier molecular flexibility index (Phi) is 2.91. The normalized spacial score (nSPS) is 12.2. The van der Waals surface area contributed by atoms with E-state index in [-0.39, 0.29) is 4.90 Å². The van der Waals surface area contributed by atoms with E-state index in [4.69, 9.17) is 0 Å². The second-order valence-electron chi connectivity index (χ2n) is 4.62. The average molecular weight is 307 g/mol. The summed E-state index contributed by atoms with van der Waals surface area (Å²) in [6, 6.07) is 5.20. The van der Waals surface area contributed by atoms with Crippen molar-refractivity contribution in [2.24, 2.45) is 0 Å². The molecule has 0 aliphatic rings. The summed E-state index contributed by atoms with van der Waals surface area (Å²) in [4.78, 5) is 4.56. The van der Waals surface area contributed by atoms with Gasteiger partial charge in [-0.1, -0.05) is 6.07 Å². The van der Waals surface area contributed by atoms with Gasteiger partial charge in [0.05, 0.1) is 5.69 Å². The molecule has 3 heterocycles. The van der Waals surface area contributed by atoms with E-state index >= 15 is 0 Å². The number of fused-ring (bicyclic) bond motifs is 1. The lowest BCUT2D eigenvalue weighted by Gasteiger charge is -2.03. The van der Waals surface area contributed by atoms with Crippen molar-refractivity contribution in [2.45, 2.75) is 29.9 Å². The van der Waals surface area contributed by atoms with Gasteiger partial charge in [-0.25, -0.2) is 17.9 Å². The first-order valence-electron chi connectivity index (χ1n) is 6.03. The Morgan fingerprint density at radius 3 is 2.65 bits per heavy atom. The molecule has 0 saturated heterocycles. The van der Waals surface area contributed by atoms with Crippen LogP contribution in [0.1, 0.15) is 17.1 Å². The molecule has 3 aromatic heterocycles. The standard InChI is InChI=1S/C13H13N3O2S2/c1-8-7-9(2)16-13(14-8)12(10(3)15-16)20(17,18)11-5-4-6-19-11/h4-7H,1-3H3. The van der Waals surface area contributed by atoms with E-state index in [1.54, 1.807) is 29.0 Å². The summed E-state index contributed by atoms with van der Waals surface area (Å²) in [6.45, 7) is 5.43. The first-order valence-corrected chi connectivity index (χ1v) is 8.39. The van der Waals surface area contributed by atoms with Crippen molar-refractivity contribution >= 4 is 26.8 Å². The smallest absolute Gasteiger partial charge is 0.221 e. The number of sulfone groups is 1. The van der Waals surface area contributed by atoms with Crippen LogP contribution in [0.5, 0.6) is 0 Å². The number of aromatic nitrogens is 3. The molecule has 3 rings (SSSR count). The molecule has 0 bridgehead atoms. The summed E-state index contributed by atoms with van der Waals surface area (Å²) in [5, 5.41) is 6.06. The van der Waals surface area contributed by atoms with Gasteiger partial charge in [-0.05, 0) is 38.3 Å². The fourth-order valence-electron chi connectivity index (χ4n) is 2.24. The molecule has 0 unspecified atom stereocenters. The molecule has 0 amide bonds. The fraction of sp³-hybridized carbons (Fsp3) is 0.231. The van der Waals surface area contributed by atoms with Crippen LogP contribution in [0.4, 0.5) is 0 Å². The van der Waals surface area contributed by atoms with Gasteiger partial charge < -0.3 is 0 Å². The topological polar surface area (TPSA) is 64.3 Å². The highest BCUT2D eigenvalue weighted by atomic mass is 32.2. The van der Waals surface area contributed by atoms with Crippen molar-refractivity contribution in [2.75, 3.05) is 0 Å². The third-order valence-corrected chi connectivity index (χ3v) is 6.33. The van der Waals surface area contributed by atoms with Crippen molar-refractivity contribution in [3.05, 3.63) is 40.7 Å². The largest absolute Gasteiger partial charge is 0.233 e. The molecule has 0 aliphatic carbocycles. The monoisotopic (exact) mass is 307 g/mol. The number of rotatable bonds is 2. The number of aryl methyl sites for hydroxylation is 3. The summed E-state index contributed by atoms with van der Waals surface area (Å²) in [5.74, 6) is 0. The highest BCUT2D eigenvalue weighted by molar-refractivity contribution is 7.93. The minimum absolute atomic E-state index is 0.201. The summed E-state index contributed by atoms with van der Waals surface area (Å²) in [7, 11) is -3.57. The van der Waals surface area contributed by atoms with Crippen molar-refractivity contribution in [1.29, 1.82) is 0 Å². The van der Waals surface area contributed by atoms with Gasteiger partial charge in [0.15, 0.2) is 5.65 Å². The molecule has 3 aromatic rings. The molecule has 0 N–H and O–H groups in total. The number of hydrogen-bond acceptors (Lipinski definition) is 5. The number of nitrogens with zero attached hydrogens (tertiary/aromatic N) is 3. The second-order valence-corrected chi connectivity index (χ2v) is 7.69. The van der Waals surface area contributed by atoms with E-state index in [9.17, 15) is 8.42 Å². The molecule has 104 valence electrons. The molecule has 0 saturated carbocycles. The molecule has 0 aliphatic heterocycles. The molecular weight excluding hydrogens is 294 g/mol. The van der Waals surface area contributed by atoms with Crippen LogP contribution < -0.4 is 0 Å². The van der Waals surface area contributed by atoms with Gasteiger partial charge in [0.1, 0.15) is 9.10 Å². The Morgan fingerprint density at radius 2 is 2.00 bits per heavy atom. The van der Waals surface area contributed by atoms with E-state index < -0.39 is 9.84 Å².